The van der Waals surface area contributed by atoms with Crippen LogP contribution in [-0.2, 0) is 14.3 Å². The highest BCUT2D eigenvalue weighted by molar-refractivity contribution is 9.10. The van der Waals surface area contributed by atoms with Crippen molar-refractivity contribution in [3.05, 3.63) is 34.3 Å². The molecule has 0 aromatic heterocycles. The number of benzene rings is 1. The van der Waals surface area contributed by atoms with E-state index in [0.29, 0.717) is 18.4 Å². The number of halogens is 1. The number of fused-ring (bicyclic) bond motifs is 2. The lowest BCUT2D eigenvalue weighted by atomic mass is 9.66. The molecule has 2 aliphatic rings. The fourth-order valence-electron chi connectivity index (χ4n) is 3.64. The molecule has 1 aromatic carbocycles. The molecule has 2 bridgehead atoms. The van der Waals surface area contributed by atoms with E-state index in [9.17, 15) is 14.4 Å². The number of nitrogens with one attached hydrogen (secondary N) is 2. The normalized spacial score (nSPS) is 29.9. The molecule has 24 heavy (non-hydrogen) atoms. The summed E-state index contributed by atoms with van der Waals surface area (Å²) in [4.78, 5) is 37.0. The molecule has 2 amide bonds. The molecule has 3 rings (SSSR count). The number of hydrogen-bond acceptors (Lipinski definition) is 4. The molecule has 1 heterocycles. The monoisotopic (exact) mass is 394 g/mol. The third-order valence-corrected chi connectivity index (χ3v) is 6.37. The van der Waals surface area contributed by atoms with E-state index < -0.39 is 28.2 Å². The fraction of sp³-hybridized carbons (Fsp3) is 0.471. The maximum absolute atomic E-state index is 12.7. The van der Waals surface area contributed by atoms with Crippen molar-refractivity contribution in [2.24, 2.45) is 10.8 Å². The average Bonchev–Trinajstić information content (AvgIpc) is 2.83. The van der Waals surface area contributed by atoms with Crippen molar-refractivity contribution in [3.8, 4) is 0 Å². The minimum atomic E-state index is -1.24. The number of esters is 1. The molecule has 2 fully saturated rings. The van der Waals surface area contributed by atoms with Crippen LogP contribution in [-0.4, -0.2) is 23.4 Å². The second kappa shape index (κ2) is 5.31. The zero-order valence-electron chi connectivity index (χ0n) is 13.7. The fourth-order valence-corrected chi connectivity index (χ4v) is 3.90. The standard InChI is InChI=1S/C17H19BrN2O4/c1-15(2)16(3)8-9-17(15,24-14(16)23)13(22)20-19-12(21)10-4-6-11(18)7-5-10/h4-7H,8-9H2,1-3H3,(H,19,21)(H,20,22)/t16-,17-/m0/s1. The molecule has 0 unspecified atom stereocenters. The molecule has 0 radical (unpaired) electrons. The van der Waals surface area contributed by atoms with Gasteiger partial charge in [-0.2, -0.15) is 0 Å². The van der Waals surface area contributed by atoms with Crippen molar-refractivity contribution in [2.45, 2.75) is 39.2 Å². The minimum Gasteiger partial charge on any atom is -0.448 e. The highest BCUT2D eigenvalue weighted by Crippen LogP contribution is 2.65. The Kier molecular flexibility index (Phi) is 3.75. The molecular weight excluding hydrogens is 376 g/mol. The molecule has 7 heteroatoms. The van der Waals surface area contributed by atoms with Crippen LogP contribution >= 0.6 is 15.9 Å². The summed E-state index contributed by atoms with van der Waals surface area (Å²) in [5, 5.41) is 0. The number of rotatable bonds is 2. The third-order valence-electron chi connectivity index (χ3n) is 5.85. The first-order valence-corrected chi connectivity index (χ1v) is 8.53. The van der Waals surface area contributed by atoms with Gasteiger partial charge in [0.25, 0.3) is 11.8 Å². The molecule has 0 spiro atoms. The third kappa shape index (κ3) is 2.10. The van der Waals surface area contributed by atoms with E-state index in [4.69, 9.17) is 4.74 Å². The van der Waals surface area contributed by atoms with E-state index in [2.05, 4.69) is 26.8 Å². The van der Waals surface area contributed by atoms with Crippen LogP contribution in [0.3, 0.4) is 0 Å². The van der Waals surface area contributed by atoms with Crippen LogP contribution in [0.4, 0.5) is 0 Å². The van der Waals surface area contributed by atoms with Gasteiger partial charge >= 0.3 is 5.97 Å². The SMILES string of the molecule is CC1(C)[C@@]2(C)CC[C@@]1(C(=O)NNC(=O)c1ccc(Br)cc1)OC2=O. The van der Waals surface area contributed by atoms with Crippen molar-refractivity contribution >= 4 is 33.7 Å². The smallest absolute Gasteiger partial charge is 0.313 e. The molecule has 6 nitrogen and oxygen atoms in total. The van der Waals surface area contributed by atoms with Crippen LogP contribution in [0, 0.1) is 10.8 Å². The highest BCUT2D eigenvalue weighted by atomic mass is 79.9. The Morgan fingerprint density at radius 2 is 1.71 bits per heavy atom. The van der Waals surface area contributed by atoms with Crippen LogP contribution in [0.5, 0.6) is 0 Å². The second-order valence-electron chi connectivity index (χ2n) is 7.09. The van der Waals surface area contributed by atoms with Gasteiger partial charge in [0.15, 0.2) is 5.60 Å². The predicted octanol–water partition coefficient (Wildman–Crippen LogP) is 2.33. The zero-order chi connectivity index (χ0) is 17.8. The van der Waals surface area contributed by atoms with Gasteiger partial charge in [0.2, 0.25) is 0 Å². The summed E-state index contributed by atoms with van der Waals surface area (Å²) in [7, 11) is 0. The lowest BCUT2D eigenvalue weighted by Crippen LogP contribution is -2.57. The molecule has 2 N–H and O–H groups in total. The average molecular weight is 395 g/mol. The van der Waals surface area contributed by atoms with Crippen LogP contribution < -0.4 is 10.9 Å². The van der Waals surface area contributed by atoms with Crippen molar-refractivity contribution in [3.63, 3.8) is 0 Å². The topological polar surface area (TPSA) is 84.5 Å². The summed E-state index contributed by atoms with van der Waals surface area (Å²) < 4.78 is 6.33. The summed E-state index contributed by atoms with van der Waals surface area (Å²) >= 11 is 3.30. The first-order chi connectivity index (χ1) is 11.1. The van der Waals surface area contributed by atoms with Gasteiger partial charge in [-0.1, -0.05) is 29.8 Å². The van der Waals surface area contributed by atoms with Crippen molar-refractivity contribution < 1.29 is 19.1 Å². The van der Waals surface area contributed by atoms with Gasteiger partial charge in [-0.15, -0.1) is 0 Å². The molecule has 1 aromatic rings. The summed E-state index contributed by atoms with van der Waals surface area (Å²) in [6, 6.07) is 6.74. The van der Waals surface area contributed by atoms with E-state index >= 15 is 0 Å². The van der Waals surface area contributed by atoms with E-state index in [1.54, 1.807) is 24.3 Å². The van der Waals surface area contributed by atoms with Crippen LogP contribution in [0.25, 0.3) is 0 Å². The minimum absolute atomic E-state index is 0.354. The Balaban J connectivity index is 1.73. The van der Waals surface area contributed by atoms with Crippen LogP contribution in [0.15, 0.2) is 28.7 Å². The lowest BCUT2D eigenvalue weighted by molar-refractivity contribution is -0.168. The van der Waals surface area contributed by atoms with Crippen LogP contribution in [0.2, 0.25) is 0 Å². The Morgan fingerprint density at radius 1 is 1.08 bits per heavy atom. The first-order valence-electron chi connectivity index (χ1n) is 7.74. The lowest BCUT2D eigenvalue weighted by Gasteiger charge is -2.35. The Labute approximate surface area is 148 Å². The maximum atomic E-state index is 12.7. The summed E-state index contributed by atoms with van der Waals surface area (Å²) in [6.45, 7) is 5.56. The Morgan fingerprint density at radius 3 is 2.21 bits per heavy atom. The molecule has 1 saturated carbocycles. The number of hydrogen-bond donors (Lipinski definition) is 2. The van der Waals surface area contributed by atoms with Crippen molar-refractivity contribution in [1.29, 1.82) is 0 Å². The van der Waals surface area contributed by atoms with E-state index in [1.807, 2.05) is 20.8 Å². The molecule has 128 valence electrons. The maximum Gasteiger partial charge on any atom is 0.313 e. The van der Waals surface area contributed by atoms with Crippen molar-refractivity contribution in [1.82, 2.24) is 10.9 Å². The van der Waals surface area contributed by atoms with E-state index in [-0.39, 0.29) is 5.97 Å². The van der Waals surface area contributed by atoms with Gasteiger partial charge in [-0.25, -0.2) is 0 Å². The molecule has 2 atom stereocenters. The van der Waals surface area contributed by atoms with Gasteiger partial charge in [0, 0.05) is 15.5 Å². The van der Waals surface area contributed by atoms with Gasteiger partial charge in [0.05, 0.1) is 5.41 Å². The van der Waals surface area contributed by atoms with E-state index in [0.717, 1.165) is 4.47 Å². The predicted molar refractivity (Wildman–Crippen MR) is 89.7 cm³/mol. The molecule has 1 aliphatic heterocycles. The summed E-state index contributed by atoms with van der Waals surface area (Å²) in [6.07, 6.45) is 1.04. The number of amides is 2. The van der Waals surface area contributed by atoms with Gasteiger partial charge in [0.1, 0.15) is 0 Å². The number of hydrazine groups is 1. The van der Waals surface area contributed by atoms with Gasteiger partial charge in [-0.3, -0.25) is 25.2 Å². The number of carbonyl (C=O) groups excluding carboxylic acids is 3. The quantitative estimate of drug-likeness (QED) is 0.595. The largest absolute Gasteiger partial charge is 0.448 e. The second-order valence-corrected chi connectivity index (χ2v) is 8.00. The summed E-state index contributed by atoms with van der Waals surface area (Å²) in [5.74, 6) is -1.28. The zero-order valence-corrected chi connectivity index (χ0v) is 15.3. The van der Waals surface area contributed by atoms with Crippen molar-refractivity contribution in [2.75, 3.05) is 0 Å². The Bertz CT molecular complexity index is 731. The first kappa shape index (κ1) is 17.0. The highest BCUT2D eigenvalue weighted by Gasteiger charge is 2.75. The molecule has 1 saturated heterocycles. The summed E-state index contributed by atoms with van der Waals surface area (Å²) in [5.41, 5.74) is 2.65. The molecular formula is C17H19BrN2O4. The number of ether oxygens (including phenoxy) is 1. The number of carbonyl (C=O) groups is 3. The Hall–Kier alpha value is -1.89. The van der Waals surface area contributed by atoms with Crippen LogP contribution in [0.1, 0.15) is 44.0 Å². The van der Waals surface area contributed by atoms with Gasteiger partial charge < -0.3 is 4.74 Å². The van der Waals surface area contributed by atoms with E-state index in [1.165, 1.54) is 0 Å². The van der Waals surface area contributed by atoms with Gasteiger partial charge in [-0.05, 0) is 44.0 Å². The molecule has 1 aliphatic carbocycles.